The molecular formula is C14H14FNO3S. The first-order valence-electron chi connectivity index (χ1n) is 5.96. The summed E-state index contributed by atoms with van der Waals surface area (Å²) in [7, 11) is -3.74. The van der Waals surface area contributed by atoms with E-state index >= 15 is 0 Å². The van der Waals surface area contributed by atoms with Gasteiger partial charge >= 0.3 is 0 Å². The fraction of sp³-hybridized carbons (Fsp3) is 0.143. The number of benzene rings is 2. The van der Waals surface area contributed by atoms with Crippen molar-refractivity contribution in [3.8, 4) is 0 Å². The van der Waals surface area contributed by atoms with Crippen LogP contribution in [0.5, 0.6) is 0 Å². The molecule has 0 atom stereocenters. The Hall–Kier alpha value is -1.76. The lowest BCUT2D eigenvalue weighted by Gasteiger charge is -2.08. The Morgan fingerprint density at radius 1 is 1.10 bits per heavy atom. The van der Waals surface area contributed by atoms with Gasteiger partial charge in [-0.15, -0.1) is 0 Å². The van der Waals surface area contributed by atoms with E-state index in [9.17, 15) is 12.8 Å². The largest absolute Gasteiger partial charge is 0.392 e. The van der Waals surface area contributed by atoms with Crippen LogP contribution in [0.1, 0.15) is 11.1 Å². The standard InChI is InChI=1S/C14H14FNO3S/c15-14-7-2-1-5-12(14)9-16-20(18,19)13-6-3-4-11(8-13)10-17/h1-8,16-17H,9-10H2. The van der Waals surface area contributed by atoms with Crippen LogP contribution in [0, 0.1) is 5.82 Å². The van der Waals surface area contributed by atoms with Crippen molar-refractivity contribution in [2.75, 3.05) is 0 Å². The van der Waals surface area contributed by atoms with Crippen molar-refractivity contribution in [2.24, 2.45) is 0 Å². The second-order valence-electron chi connectivity index (χ2n) is 4.22. The minimum atomic E-state index is -3.74. The normalized spacial score (nSPS) is 11.5. The quantitative estimate of drug-likeness (QED) is 0.884. The van der Waals surface area contributed by atoms with Crippen LogP contribution < -0.4 is 4.72 Å². The number of hydrogen-bond acceptors (Lipinski definition) is 3. The Morgan fingerprint density at radius 2 is 1.85 bits per heavy atom. The van der Waals surface area contributed by atoms with E-state index in [1.807, 2.05) is 0 Å². The van der Waals surface area contributed by atoms with Crippen LogP contribution in [-0.4, -0.2) is 13.5 Å². The molecule has 0 spiro atoms. The summed E-state index contributed by atoms with van der Waals surface area (Å²) in [6.07, 6.45) is 0. The third kappa shape index (κ3) is 3.41. The van der Waals surface area contributed by atoms with Crippen molar-refractivity contribution in [1.29, 1.82) is 0 Å². The third-order valence-corrected chi connectivity index (χ3v) is 4.20. The fourth-order valence-electron chi connectivity index (χ4n) is 1.71. The summed E-state index contributed by atoms with van der Waals surface area (Å²) in [6.45, 7) is -0.366. The van der Waals surface area contributed by atoms with E-state index in [0.717, 1.165) is 0 Å². The second kappa shape index (κ2) is 6.13. The number of rotatable bonds is 5. The zero-order valence-electron chi connectivity index (χ0n) is 10.6. The lowest BCUT2D eigenvalue weighted by molar-refractivity contribution is 0.281. The molecule has 0 aliphatic heterocycles. The highest BCUT2D eigenvalue weighted by atomic mass is 32.2. The van der Waals surface area contributed by atoms with Crippen LogP contribution in [0.25, 0.3) is 0 Å². The highest BCUT2D eigenvalue weighted by Crippen LogP contribution is 2.13. The van der Waals surface area contributed by atoms with E-state index in [1.165, 1.54) is 30.3 Å². The van der Waals surface area contributed by atoms with Crippen molar-refractivity contribution in [2.45, 2.75) is 18.0 Å². The van der Waals surface area contributed by atoms with Gasteiger partial charge in [0.15, 0.2) is 0 Å². The predicted octanol–water partition coefficient (Wildman–Crippen LogP) is 1.80. The van der Waals surface area contributed by atoms with Crippen molar-refractivity contribution < 1.29 is 17.9 Å². The SMILES string of the molecule is O=S(=O)(NCc1ccccc1F)c1cccc(CO)c1. The summed E-state index contributed by atoms with van der Waals surface area (Å²) in [5.74, 6) is -0.459. The van der Waals surface area contributed by atoms with Gasteiger partial charge in [0.1, 0.15) is 5.82 Å². The molecule has 20 heavy (non-hydrogen) atoms. The van der Waals surface area contributed by atoms with Crippen molar-refractivity contribution in [3.05, 3.63) is 65.5 Å². The molecule has 4 nitrogen and oxygen atoms in total. The summed E-state index contributed by atoms with van der Waals surface area (Å²) in [5, 5.41) is 9.01. The van der Waals surface area contributed by atoms with Gasteiger partial charge in [-0.05, 0) is 23.8 Å². The average molecular weight is 295 g/mol. The minimum Gasteiger partial charge on any atom is -0.392 e. The number of aliphatic hydroxyl groups is 1. The zero-order chi connectivity index (χ0) is 14.6. The summed E-state index contributed by atoms with van der Waals surface area (Å²) in [6, 6.07) is 11.9. The molecule has 0 saturated heterocycles. The molecular weight excluding hydrogens is 281 g/mol. The first kappa shape index (κ1) is 14.6. The topological polar surface area (TPSA) is 66.4 Å². The average Bonchev–Trinajstić information content (AvgIpc) is 2.46. The summed E-state index contributed by atoms with van der Waals surface area (Å²) >= 11 is 0. The summed E-state index contributed by atoms with van der Waals surface area (Å²) in [5.41, 5.74) is 0.771. The Kier molecular flexibility index (Phi) is 4.49. The van der Waals surface area contributed by atoms with E-state index in [0.29, 0.717) is 5.56 Å². The van der Waals surface area contributed by atoms with Gasteiger partial charge in [0.25, 0.3) is 0 Å². The van der Waals surface area contributed by atoms with Crippen LogP contribution in [0.2, 0.25) is 0 Å². The van der Waals surface area contributed by atoms with Gasteiger partial charge in [-0.25, -0.2) is 17.5 Å². The van der Waals surface area contributed by atoms with Gasteiger partial charge in [0, 0.05) is 12.1 Å². The predicted molar refractivity (Wildman–Crippen MR) is 72.8 cm³/mol. The first-order valence-corrected chi connectivity index (χ1v) is 7.44. The Morgan fingerprint density at radius 3 is 2.55 bits per heavy atom. The van der Waals surface area contributed by atoms with Gasteiger partial charge in [0.2, 0.25) is 10.0 Å². The molecule has 0 saturated carbocycles. The van der Waals surface area contributed by atoms with E-state index < -0.39 is 15.8 Å². The van der Waals surface area contributed by atoms with Gasteiger partial charge in [-0.3, -0.25) is 0 Å². The van der Waals surface area contributed by atoms with Crippen LogP contribution in [-0.2, 0) is 23.2 Å². The van der Waals surface area contributed by atoms with Crippen molar-refractivity contribution in [1.82, 2.24) is 4.72 Å². The first-order chi connectivity index (χ1) is 9.53. The molecule has 2 N–H and O–H groups in total. The highest BCUT2D eigenvalue weighted by Gasteiger charge is 2.14. The smallest absolute Gasteiger partial charge is 0.240 e. The number of nitrogens with one attached hydrogen (secondary N) is 1. The van der Waals surface area contributed by atoms with E-state index in [2.05, 4.69) is 4.72 Å². The third-order valence-electron chi connectivity index (χ3n) is 2.80. The Labute approximate surface area is 116 Å². The molecule has 0 radical (unpaired) electrons. The molecule has 0 aromatic heterocycles. The fourth-order valence-corrected chi connectivity index (χ4v) is 2.79. The van der Waals surface area contributed by atoms with Gasteiger partial charge in [-0.2, -0.15) is 0 Å². The van der Waals surface area contributed by atoms with E-state index in [-0.39, 0.29) is 23.6 Å². The number of halogens is 1. The number of sulfonamides is 1. The molecule has 106 valence electrons. The molecule has 0 fully saturated rings. The van der Waals surface area contributed by atoms with Gasteiger partial charge in [-0.1, -0.05) is 30.3 Å². The molecule has 0 bridgehead atoms. The molecule has 0 heterocycles. The number of hydrogen-bond donors (Lipinski definition) is 2. The highest BCUT2D eigenvalue weighted by molar-refractivity contribution is 7.89. The van der Waals surface area contributed by atoms with Crippen molar-refractivity contribution in [3.63, 3.8) is 0 Å². The maximum absolute atomic E-state index is 13.4. The number of aliphatic hydroxyl groups excluding tert-OH is 1. The van der Waals surface area contributed by atoms with Crippen LogP contribution in [0.4, 0.5) is 4.39 Å². The lowest BCUT2D eigenvalue weighted by Crippen LogP contribution is -2.23. The Bertz CT molecular complexity index is 701. The lowest BCUT2D eigenvalue weighted by atomic mass is 10.2. The van der Waals surface area contributed by atoms with Gasteiger partial charge < -0.3 is 5.11 Å². The van der Waals surface area contributed by atoms with Crippen LogP contribution in [0.3, 0.4) is 0 Å². The van der Waals surface area contributed by atoms with E-state index in [1.54, 1.807) is 18.2 Å². The molecule has 0 aliphatic rings. The molecule has 2 aromatic carbocycles. The van der Waals surface area contributed by atoms with E-state index in [4.69, 9.17) is 5.11 Å². The minimum absolute atomic E-state index is 0.0420. The van der Waals surface area contributed by atoms with Crippen molar-refractivity contribution >= 4 is 10.0 Å². The van der Waals surface area contributed by atoms with Crippen LogP contribution >= 0.6 is 0 Å². The van der Waals surface area contributed by atoms with Gasteiger partial charge in [0.05, 0.1) is 11.5 Å². The molecule has 0 aliphatic carbocycles. The molecule has 0 amide bonds. The maximum atomic E-state index is 13.4. The van der Waals surface area contributed by atoms with Crippen LogP contribution in [0.15, 0.2) is 53.4 Å². The molecule has 2 aromatic rings. The maximum Gasteiger partial charge on any atom is 0.240 e. The summed E-state index contributed by atoms with van der Waals surface area (Å²) in [4.78, 5) is 0.0420. The summed E-state index contributed by atoms with van der Waals surface area (Å²) < 4.78 is 39.9. The zero-order valence-corrected chi connectivity index (χ0v) is 11.4. The monoisotopic (exact) mass is 295 g/mol. The molecule has 2 rings (SSSR count). The molecule has 0 unspecified atom stereocenters. The second-order valence-corrected chi connectivity index (χ2v) is 5.99. The Balaban J connectivity index is 2.17. The molecule has 6 heteroatoms.